The Morgan fingerprint density at radius 2 is 2.00 bits per heavy atom. The first kappa shape index (κ1) is 9.47. The first-order valence-corrected chi connectivity index (χ1v) is 5.11. The molecule has 1 aliphatic rings. The van der Waals surface area contributed by atoms with Crippen LogP contribution in [0, 0.1) is 5.82 Å². The fraction of sp³-hybridized carbons (Fsp3) is 0.273. The van der Waals surface area contributed by atoms with E-state index in [2.05, 4.69) is 9.97 Å². The lowest BCUT2D eigenvalue weighted by molar-refractivity contribution is 0.629. The van der Waals surface area contributed by atoms with E-state index in [1.807, 2.05) is 0 Å². The van der Waals surface area contributed by atoms with Gasteiger partial charge in [0.25, 0.3) is 0 Å². The van der Waals surface area contributed by atoms with Crippen LogP contribution in [0.5, 0.6) is 0 Å². The van der Waals surface area contributed by atoms with E-state index in [0.29, 0.717) is 5.52 Å². The molecule has 0 radical (unpaired) electrons. The smallest absolute Gasteiger partial charge is 0.220 e. The number of aromatic nitrogens is 2. The fourth-order valence-corrected chi connectivity index (χ4v) is 1.87. The zero-order chi connectivity index (χ0) is 11.3. The molecule has 0 bridgehead atoms. The van der Waals surface area contributed by atoms with Crippen molar-refractivity contribution in [2.45, 2.75) is 18.4 Å². The topological polar surface area (TPSA) is 77.8 Å². The SMILES string of the molecule is Nc1nc(C2(N)CC2)c2ccc(F)cc2n1. The summed E-state index contributed by atoms with van der Waals surface area (Å²) in [5, 5.41) is 0.788. The quantitative estimate of drug-likeness (QED) is 0.756. The molecule has 0 amide bonds. The van der Waals surface area contributed by atoms with Gasteiger partial charge in [0.2, 0.25) is 5.95 Å². The van der Waals surface area contributed by atoms with Crippen LogP contribution in [0.15, 0.2) is 18.2 Å². The van der Waals surface area contributed by atoms with Crippen molar-refractivity contribution >= 4 is 16.9 Å². The normalized spacial score (nSPS) is 17.6. The summed E-state index contributed by atoms with van der Waals surface area (Å²) < 4.78 is 13.1. The Hall–Kier alpha value is -1.75. The Balaban J connectivity index is 2.35. The van der Waals surface area contributed by atoms with Crippen LogP contribution >= 0.6 is 0 Å². The number of anilines is 1. The van der Waals surface area contributed by atoms with Gasteiger partial charge in [-0.15, -0.1) is 0 Å². The molecule has 1 saturated carbocycles. The second kappa shape index (κ2) is 2.89. The van der Waals surface area contributed by atoms with Crippen molar-refractivity contribution in [2.75, 3.05) is 5.73 Å². The van der Waals surface area contributed by atoms with Crippen molar-refractivity contribution in [1.29, 1.82) is 0 Å². The van der Waals surface area contributed by atoms with Gasteiger partial charge in [-0.3, -0.25) is 0 Å². The third-order valence-corrected chi connectivity index (χ3v) is 2.94. The van der Waals surface area contributed by atoms with Gasteiger partial charge in [-0.25, -0.2) is 14.4 Å². The van der Waals surface area contributed by atoms with Crippen LogP contribution in [0.25, 0.3) is 10.9 Å². The second-order valence-electron chi connectivity index (χ2n) is 4.25. The minimum absolute atomic E-state index is 0.143. The summed E-state index contributed by atoms with van der Waals surface area (Å²) in [7, 11) is 0. The van der Waals surface area contributed by atoms with E-state index in [0.717, 1.165) is 23.9 Å². The van der Waals surface area contributed by atoms with Gasteiger partial charge >= 0.3 is 0 Å². The van der Waals surface area contributed by atoms with Gasteiger partial charge in [0.1, 0.15) is 5.82 Å². The molecule has 0 atom stereocenters. The van der Waals surface area contributed by atoms with Gasteiger partial charge < -0.3 is 11.5 Å². The highest BCUT2D eigenvalue weighted by Gasteiger charge is 2.43. The van der Waals surface area contributed by atoms with Crippen molar-refractivity contribution in [3.63, 3.8) is 0 Å². The van der Waals surface area contributed by atoms with Gasteiger partial charge in [0, 0.05) is 11.5 Å². The van der Waals surface area contributed by atoms with Crippen LogP contribution < -0.4 is 11.5 Å². The number of benzene rings is 1. The van der Waals surface area contributed by atoms with Crippen LogP contribution in [-0.4, -0.2) is 9.97 Å². The summed E-state index contributed by atoms with van der Waals surface area (Å²) in [6.45, 7) is 0. The van der Waals surface area contributed by atoms with E-state index in [1.54, 1.807) is 6.07 Å². The van der Waals surface area contributed by atoms with Crippen LogP contribution in [0.2, 0.25) is 0 Å². The molecule has 0 saturated heterocycles. The van der Waals surface area contributed by atoms with E-state index >= 15 is 0 Å². The molecule has 1 aromatic heterocycles. The Labute approximate surface area is 91.5 Å². The molecule has 1 aromatic carbocycles. The number of fused-ring (bicyclic) bond motifs is 1. The average molecular weight is 218 g/mol. The summed E-state index contributed by atoms with van der Waals surface area (Å²) in [5.74, 6) is -0.191. The molecule has 2 aromatic rings. The molecule has 4 N–H and O–H groups in total. The predicted octanol–water partition coefficient (Wildman–Crippen LogP) is 1.30. The molecule has 0 unspecified atom stereocenters. The van der Waals surface area contributed by atoms with E-state index < -0.39 is 5.54 Å². The number of nitrogen functional groups attached to an aromatic ring is 1. The lowest BCUT2D eigenvalue weighted by atomic mass is 10.1. The fourth-order valence-electron chi connectivity index (χ4n) is 1.87. The van der Waals surface area contributed by atoms with Crippen molar-refractivity contribution in [1.82, 2.24) is 9.97 Å². The Bertz CT molecular complexity index is 572. The summed E-state index contributed by atoms with van der Waals surface area (Å²) in [6, 6.07) is 4.39. The number of rotatable bonds is 1. The number of hydrogen-bond acceptors (Lipinski definition) is 4. The first-order valence-electron chi connectivity index (χ1n) is 5.11. The molecular formula is C11H11FN4. The molecule has 16 heavy (non-hydrogen) atoms. The predicted molar refractivity (Wildman–Crippen MR) is 59.0 cm³/mol. The average Bonchev–Trinajstić information content (AvgIpc) is 2.96. The summed E-state index contributed by atoms with van der Waals surface area (Å²) >= 11 is 0. The standard InChI is InChI=1S/C11H11FN4/c12-6-1-2-7-8(5-6)15-10(13)16-9(7)11(14)3-4-11/h1-2,5H,3-4,14H2,(H2,13,15,16). The summed E-state index contributed by atoms with van der Waals surface area (Å²) in [6.07, 6.45) is 1.77. The van der Waals surface area contributed by atoms with Crippen molar-refractivity contribution in [3.05, 3.63) is 29.7 Å². The maximum Gasteiger partial charge on any atom is 0.220 e. The lowest BCUT2D eigenvalue weighted by Gasteiger charge is -2.11. The van der Waals surface area contributed by atoms with Crippen molar-refractivity contribution < 1.29 is 4.39 Å². The van der Waals surface area contributed by atoms with Crippen molar-refractivity contribution in [3.8, 4) is 0 Å². The number of nitrogens with two attached hydrogens (primary N) is 2. The maximum atomic E-state index is 13.1. The number of halogens is 1. The van der Waals surface area contributed by atoms with Gasteiger partial charge in [-0.05, 0) is 25.0 Å². The third kappa shape index (κ3) is 1.32. The number of nitrogens with zero attached hydrogens (tertiary/aromatic N) is 2. The van der Waals surface area contributed by atoms with Gasteiger partial charge in [0.05, 0.1) is 16.7 Å². The Kier molecular flexibility index (Phi) is 1.71. The zero-order valence-electron chi connectivity index (χ0n) is 8.57. The van der Waals surface area contributed by atoms with Crippen LogP contribution in [0.3, 0.4) is 0 Å². The molecule has 3 rings (SSSR count). The van der Waals surface area contributed by atoms with Gasteiger partial charge in [-0.1, -0.05) is 0 Å². The largest absolute Gasteiger partial charge is 0.368 e. The van der Waals surface area contributed by atoms with E-state index in [-0.39, 0.29) is 11.8 Å². The van der Waals surface area contributed by atoms with Crippen LogP contribution in [-0.2, 0) is 5.54 Å². The maximum absolute atomic E-state index is 13.1. The Morgan fingerprint density at radius 3 is 2.69 bits per heavy atom. The van der Waals surface area contributed by atoms with Crippen LogP contribution in [0.1, 0.15) is 18.5 Å². The molecule has 0 spiro atoms. The van der Waals surface area contributed by atoms with Crippen LogP contribution in [0.4, 0.5) is 10.3 Å². The highest BCUT2D eigenvalue weighted by atomic mass is 19.1. The summed E-state index contributed by atoms with van der Waals surface area (Å²) in [4.78, 5) is 8.19. The second-order valence-corrected chi connectivity index (χ2v) is 4.25. The molecule has 1 aliphatic carbocycles. The highest BCUT2D eigenvalue weighted by molar-refractivity contribution is 5.83. The molecular weight excluding hydrogens is 207 g/mol. The molecule has 0 aliphatic heterocycles. The number of hydrogen-bond donors (Lipinski definition) is 2. The minimum atomic E-state index is -0.396. The Morgan fingerprint density at radius 1 is 1.25 bits per heavy atom. The van der Waals surface area contributed by atoms with Gasteiger partial charge in [-0.2, -0.15) is 0 Å². The molecule has 4 nitrogen and oxygen atoms in total. The lowest BCUT2D eigenvalue weighted by Crippen LogP contribution is -2.21. The van der Waals surface area contributed by atoms with E-state index in [1.165, 1.54) is 12.1 Å². The van der Waals surface area contributed by atoms with Crippen molar-refractivity contribution in [2.24, 2.45) is 5.73 Å². The molecule has 82 valence electrons. The molecule has 1 fully saturated rings. The van der Waals surface area contributed by atoms with E-state index in [9.17, 15) is 4.39 Å². The van der Waals surface area contributed by atoms with E-state index in [4.69, 9.17) is 11.5 Å². The monoisotopic (exact) mass is 218 g/mol. The molecule has 1 heterocycles. The van der Waals surface area contributed by atoms with Gasteiger partial charge in [0.15, 0.2) is 0 Å². The summed E-state index contributed by atoms with van der Waals surface area (Å²) in [5.41, 5.74) is 12.5. The minimum Gasteiger partial charge on any atom is -0.368 e. The third-order valence-electron chi connectivity index (χ3n) is 2.94. The molecule has 5 heteroatoms. The highest BCUT2D eigenvalue weighted by Crippen LogP contribution is 2.44. The first-order chi connectivity index (χ1) is 7.58. The zero-order valence-corrected chi connectivity index (χ0v) is 8.57.